The van der Waals surface area contributed by atoms with Gasteiger partial charge < -0.3 is 59.8 Å². The average Bonchev–Trinajstić information content (AvgIpc) is 1.62. The molecule has 7 aromatic rings. The molecule has 27 nitrogen and oxygen atoms in total. The number of ether oxygens (including phenoxy) is 4. The van der Waals surface area contributed by atoms with Gasteiger partial charge in [0.15, 0.2) is 87.9 Å². The minimum absolute atomic E-state index is 0.0170. The number of pyridine rings is 7. The normalized spacial score (nSPS) is 17.1. The molecule has 0 aromatic carbocycles. The number of aliphatic hydroxyl groups is 5. The summed E-state index contributed by atoms with van der Waals surface area (Å²) < 4.78 is 69.9. The molecule has 0 amide bonds. The first-order chi connectivity index (χ1) is 51.0. The van der Waals surface area contributed by atoms with Gasteiger partial charge in [0.1, 0.15) is 43.1 Å². The van der Waals surface area contributed by atoms with E-state index in [2.05, 4.69) is 71.3 Å². The molecule has 0 spiro atoms. The third-order valence-corrected chi connectivity index (χ3v) is 23.6. The van der Waals surface area contributed by atoms with Gasteiger partial charge in [0.25, 0.3) is 0 Å². The number of carbonyl (C=O) groups excluding carboxylic acids is 2. The third-order valence-electron chi connectivity index (χ3n) is 14.3. The van der Waals surface area contributed by atoms with Crippen molar-refractivity contribution in [1.29, 1.82) is 0 Å². The van der Waals surface area contributed by atoms with Crippen molar-refractivity contribution in [1.82, 2.24) is 44.3 Å². The molecular formula is C71H90Cl7I3N10O17S3. The van der Waals surface area contributed by atoms with E-state index in [9.17, 15) is 42.6 Å². The number of carbonyl (C=O) groups is 2. The van der Waals surface area contributed by atoms with Gasteiger partial charge in [0.2, 0.25) is 0 Å². The van der Waals surface area contributed by atoms with Crippen molar-refractivity contribution in [3.05, 3.63) is 153 Å². The standard InChI is InChI=1S/C14H20ClIN2O3S.C14H21ClN2O3S.C14H19ClN2O3S.C10H11ClINO3.C7H7ClINO2.C7H8ClNO2.C5H4ClNO/c1-8(18-22(20)14(3,4)5)7-21-12-10(16)6-11(9(2)19)17-13(12)15;2*1-8(18)10-6-9-11(12(15)16-10)20-7-14(9,5)17-21(19)13(2,3)4;1-5(14)4-16-9-7(12)3-8(6(2)15)13-10(9)11;1-3(11)5-2-4(9)6(12)7(8)10-5;1-4(10)5-2-3-6(11)7(8)9-5;6-5-4(8)2-1-3-7-5/h6,9,19H,7H2,1-5H3;6,8,17-18H,7H2,1-5H3;6,17H,7H2,1-5H3;3,6,15H,4H2,1-2H3;2-3,11-12H,1H3;2-4,10-11H,1H3;1-3,8H. The quantitative estimate of drug-likeness (QED) is 0.0175. The van der Waals surface area contributed by atoms with Crippen LogP contribution in [-0.2, 0) is 48.8 Å². The Morgan fingerprint density at radius 3 is 1.26 bits per heavy atom. The minimum Gasteiger partial charge on any atom is -0.505 e. The predicted molar refractivity (Wildman–Crippen MR) is 461 cm³/mol. The van der Waals surface area contributed by atoms with E-state index in [0.29, 0.717) is 72.9 Å². The van der Waals surface area contributed by atoms with Crippen molar-refractivity contribution < 1.29 is 82.0 Å². The summed E-state index contributed by atoms with van der Waals surface area (Å²) in [6.07, 6.45) is -1.93. The zero-order valence-corrected chi connectivity index (χ0v) is 78.0. The zero-order chi connectivity index (χ0) is 85.1. The van der Waals surface area contributed by atoms with Gasteiger partial charge in [0, 0.05) is 24.2 Å². The van der Waals surface area contributed by atoms with Crippen LogP contribution in [0.1, 0.15) is 212 Å². The highest BCUT2D eigenvalue weighted by Gasteiger charge is 2.43. The lowest BCUT2D eigenvalue weighted by atomic mass is 9.95. The van der Waals surface area contributed by atoms with Crippen LogP contribution in [0.15, 0.2) is 65.2 Å². The van der Waals surface area contributed by atoms with Crippen LogP contribution in [0.3, 0.4) is 0 Å². The third kappa shape index (κ3) is 31.8. The van der Waals surface area contributed by atoms with Gasteiger partial charge in [-0.15, -0.1) is 0 Å². The van der Waals surface area contributed by atoms with Crippen LogP contribution in [0.4, 0.5) is 0 Å². The Labute approximate surface area is 729 Å². The van der Waals surface area contributed by atoms with E-state index in [1.807, 2.05) is 121 Å². The van der Waals surface area contributed by atoms with Crippen LogP contribution in [0.25, 0.3) is 0 Å². The van der Waals surface area contributed by atoms with Crippen LogP contribution < -0.4 is 28.4 Å². The van der Waals surface area contributed by atoms with E-state index in [-0.39, 0.29) is 90.4 Å². The fourth-order valence-corrected chi connectivity index (χ4v) is 14.4. The SMILES string of the molecule is CC(=O)COc1c(I)cc(C(C)O)nc1Cl.CC(=O)c1cc2c(c(Cl)n1)OCC2(C)NS(=O)C(C)(C)C.CC(COc1c(I)cc(C(C)O)nc1Cl)=NS(=O)C(C)(C)C.CC(O)c1cc(I)c(O)c(Cl)n1.CC(O)c1cc2c(c(Cl)n1)OCC2(C)NS(=O)C(C)(C)C.CC(O)c1ccc(O)c(Cl)n1.Oc1cccnc1Cl. The summed E-state index contributed by atoms with van der Waals surface area (Å²) in [6, 6.07) is 14.4. The Hall–Kier alpha value is -3.95. The Bertz CT molecular complexity index is 4420. The van der Waals surface area contributed by atoms with Crippen LogP contribution >= 0.6 is 149 Å². The Morgan fingerprint density at radius 2 is 0.901 bits per heavy atom. The van der Waals surface area contributed by atoms with E-state index in [1.54, 1.807) is 77.9 Å². The molecule has 0 radical (unpaired) electrons. The van der Waals surface area contributed by atoms with Gasteiger partial charge >= 0.3 is 0 Å². The molecule has 10 N–H and O–H groups in total. The first kappa shape index (κ1) is 101. The lowest BCUT2D eigenvalue weighted by molar-refractivity contribution is -0.118. The molecule has 0 bridgehead atoms. The summed E-state index contributed by atoms with van der Waals surface area (Å²) in [5, 5.41) is 74.6. The van der Waals surface area contributed by atoms with Crippen LogP contribution in [0.5, 0.6) is 40.2 Å². The van der Waals surface area contributed by atoms with Crippen molar-refractivity contribution in [2.75, 3.05) is 26.4 Å². The molecule has 7 aromatic heterocycles. The van der Waals surface area contributed by atoms with Crippen LogP contribution in [0.2, 0.25) is 36.1 Å². The van der Waals surface area contributed by atoms with Crippen molar-refractivity contribution in [2.24, 2.45) is 4.40 Å². The number of aliphatic hydroxyl groups excluding tert-OH is 5. The maximum absolute atomic E-state index is 12.4. The predicted octanol–water partition coefficient (Wildman–Crippen LogP) is 16.1. The fraction of sp³-hybridized carbons (Fsp3) is 0.465. The first-order valence-corrected chi connectivity index (χ1v) is 42.4. The van der Waals surface area contributed by atoms with Crippen molar-refractivity contribution >= 4 is 199 Å². The molecule has 40 heteroatoms. The van der Waals surface area contributed by atoms with E-state index < -0.39 is 88.8 Å². The van der Waals surface area contributed by atoms with Gasteiger partial charge in [-0.05, 0) is 247 Å². The molecule has 2 aliphatic rings. The maximum Gasteiger partial charge on any atom is 0.178 e. The van der Waals surface area contributed by atoms with Gasteiger partial charge in [-0.2, -0.15) is 4.40 Å². The number of fused-ring (bicyclic) bond motifs is 2. The number of nitrogens with zero attached hydrogens (tertiary/aromatic N) is 8. The van der Waals surface area contributed by atoms with Gasteiger partial charge in [-0.3, -0.25) is 9.59 Å². The molecule has 2 aliphatic heterocycles. The topological polar surface area (TPSA) is 411 Å². The number of aromatic nitrogens is 7. The summed E-state index contributed by atoms with van der Waals surface area (Å²) in [7, 11) is -3.85. The van der Waals surface area contributed by atoms with E-state index >= 15 is 0 Å². The zero-order valence-electron chi connectivity index (χ0n) is 63.8. The summed E-state index contributed by atoms with van der Waals surface area (Å²) in [5.74, 6) is 1.39. The molecule has 9 rings (SSSR count). The molecule has 10 unspecified atom stereocenters. The highest BCUT2D eigenvalue weighted by molar-refractivity contribution is 14.1. The summed E-state index contributed by atoms with van der Waals surface area (Å²) in [4.78, 5) is 49.7. The number of hydrogen-bond donors (Lipinski definition) is 10. The Balaban J connectivity index is 0.000000343. The second-order valence-corrected chi connectivity index (χ2v) is 39.7. The number of halogens is 10. The number of aromatic hydroxyl groups is 3. The lowest BCUT2D eigenvalue weighted by Crippen LogP contribution is -2.47. The number of hydrogen-bond acceptors (Lipinski definition) is 24. The van der Waals surface area contributed by atoms with E-state index in [0.717, 1.165) is 12.7 Å². The summed E-state index contributed by atoms with van der Waals surface area (Å²) in [6.45, 7) is 34.1. The second-order valence-electron chi connectivity index (χ2n) is 27.8. The fourth-order valence-electron chi connectivity index (χ4n) is 8.07. The molecule has 0 saturated carbocycles. The Kier molecular flexibility index (Phi) is 40.6. The van der Waals surface area contributed by atoms with Gasteiger partial charge in [-0.1, -0.05) is 81.2 Å². The summed E-state index contributed by atoms with van der Waals surface area (Å²) in [5.41, 5.74) is 3.41. The average molecular weight is 2080 g/mol. The monoisotopic (exact) mass is 2080 g/mol. The largest absolute Gasteiger partial charge is 0.505 e. The maximum atomic E-state index is 12.4. The molecule has 111 heavy (non-hydrogen) atoms. The van der Waals surface area contributed by atoms with Crippen LogP contribution in [0, 0.1) is 10.7 Å². The van der Waals surface area contributed by atoms with Crippen LogP contribution in [-0.4, -0.2) is 146 Å². The van der Waals surface area contributed by atoms with Crippen molar-refractivity contribution in [2.45, 2.75) is 187 Å². The summed E-state index contributed by atoms with van der Waals surface area (Å²) >= 11 is 46.6. The highest BCUT2D eigenvalue weighted by atomic mass is 127. The van der Waals surface area contributed by atoms with Gasteiger partial charge in [-0.25, -0.2) is 57.0 Å². The molecule has 0 saturated heterocycles. The molecule has 0 aliphatic carbocycles. The molecule has 9 heterocycles. The van der Waals surface area contributed by atoms with Crippen molar-refractivity contribution in [3.63, 3.8) is 0 Å². The van der Waals surface area contributed by atoms with E-state index in [4.69, 9.17) is 121 Å². The van der Waals surface area contributed by atoms with Crippen molar-refractivity contribution in [3.8, 4) is 40.2 Å². The second kappa shape index (κ2) is 44.6. The van der Waals surface area contributed by atoms with Gasteiger partial charge in [0.05, 0.1) is 123 Å². The first-order valence-electron chi connectivity index (χ1n) is 33.1. The molecule has 614 valence electrons. The van der Waals surface area contributed by atoms with E-state index in [1.165, 1.54) is 38.2 Å². The highest BCUT2D eigenvalue weighted by Crippen LogP contribution is 2.44. The molecule has 0 fully saturated rings. The number of rotatable bonds is 17. The minimum atomic E-state index is -1.32. The smallest absolute Gasteiger partial charge is 0.178 e. The Morgan fingerprint density at radius 1 is 0.523 bits per heavy atom. The molecular weight excluding hydrogens is 1990 g/mol. The number of ketones is 2. The number of nitrogens with one attached hydrogen (secondary N) is 2. The number of Topliss-reactive ketones (excluding diaryl/α,β-unsaturated/α-hetero) is 2. The lowest BCUT2D eigenvalue weighted by Gasteiger charge is -2.28. The molecule has 10 atom stereocenters.